The van der Waals surface area contributed by atoms with Crippen molar-refractivity contribution in [3.8, 4) is 0 Å². The monoisotopic (exact) mass is 359 g/mol. The van der Waals surface area contributed by atoms with Gasteiger partial charge in [-0.05, 0) is 55.4 Å². The minimum absolute atomic E-state index is 0.232. The van der Waals surface area contributed by atoms with Crippen molar-refractivity contribution in [2.75, 3.05) is 7.05 Å². The lowest BCUT2D eigenvalue weighted by Gasteiger charge is -2.20. The molecule has 0 heterocycles. The Hall–Kier alpha value is -0.970. The van der Waals surface area contributed by atoms with Crippen LogP contribution in [0.3, 0.4) is 0 Å². The molecule has 0 fully saturated rings. The molecule has 0 spiro atoms. The summed E-state index contributed by atoms with van der Waals surface area (Å²) < 4.78 is 28.7. The van der Waals surface area contributed by atoms with Crippen molar-refractivity contribution >= 4 is 27.5 Å². The molecule has 20 heavy (non-hydrogen) atoms. The van der Waals surface area contributed by atoms with Gasteiger partial charge in [0.1, 0.15) is 11.6 Å². The first-order valence-electron chi connectivity index (χ1n) is 6.01. The summed E-state index contributed by atoms with van der Waals surface area (Å²) in [4.78, 5) is 0. The molecule has 0 aliphatic rings. The molecule has 0 amide bonds. The highest BCUT2D eigenvalue weighted by molar-refractivity contribution is 9.10. The van der Waals surface area contributed by atoms with E-state index in [2.05, 4.69) is 21.2 Å². The maximum Gasteiger partial charge on any atom is 0.128 e. The largest absolute Gasteiger partial charge is 0.309 e. The van der Waals surface area contributed by atoms with Gasteiger partial charge in [0.15, 0.2) is 0 Å². The number of aryl methyl sites for hydroxylation is 1. The van der Waals surface area contributed by atoms with Crippen molar-refractivity contribution in [1.82, 2.24) is 5.32 Å². The summed E-state index contributed by atoms with van der Waals surface area (Å²) in [5, 5.41) is 3.47. The summed E-state index contributed by atoms with van der Waals surface area (Å²) in [6.07, 6.45) is 0. The molecule has 2 rings (SSSR count). The predicted molar refractivity (Wildman–Crippen MR) is 81.1 cm³/mol. The number of rotatable bonds is 3. The second-order valence-corrected chi connectivity index (χ2v) is 5.83. The topological polar surface area (TPSA) is 12.0 Å². The van der Waals surface area contributed by atoms with E-state index < -0.39 is 17.7 Å². The minimum atomic E-state index is -0.518. The van der Waals surface area contributed by atoms with E-state index in [0.717, 1.165) is 4.47 Å². The SMILES string of the molecule is CNC(c1cc(F)c(C)cc1F)c1cc(Br)ccc1Cl. The van der Waals surface area contributed by atoms with Crippen LogP contribution in [0.4, 0.5) is 8.78 Å². The predicted octanol–water partition coefficient (Wildman–Crippen LogP) is 5.00. The van der Waals surface area contributed by atoms with Gasteiger partial charge in [-0.2, -0.15) is 0 Å². The lowest BCUT2D eigenvalue weighted by Crippen LogP contribution is -2.20. The first-order chi connectivity index (χ1) is 9.43. The Labute approximate surface area is 130 Å². The molecule has 2 aromatic rings. The van der Waals surface area contributed by atoms with Gasteiger partial charge in [-0.1, -0.05) is 27.5 Å². The van der Waals surface area contributed by atoms with Gasteiger partial charge in [0, 0.05) is 15.1 Å². The summed E-state index contributed by atoms with van der Waals surface area (Å²) in [5.41, 5.74) is 1.20. The maximum absolute atomic E-state index is 14.1. The van der Waals surface area contributed by atoms with Crippen LogP contribution < -0.4 is 5.32 Å². The standard InChI is InChI=1S/C15H13BrClF2N/c1-8-5-14(19)11(7-13(8)18)15(20-2)10-6-9(16)3-4-12(10)17/h3-7,15,20H,1-2H3. The maximum atomic E-state index is 14.1. The number of nitrogens with one attached hydrogen (secondary N) is 1. The number of halogens is 4. The first-order valence-corrected chi connectivity index (χ1v) is 7.19. The smallest absolute Gasteiger partial charge is 0.128 e. The van der Waals surface area contributed by atoms with Gasteiger partial charge in [-0.15, -0.1) is 0 Å². The number of benzene rings is 2. The van der Waals surface area contributed by atoms with Gasteiger partial charge < -0.3 is 5.32 Å². The summed E-state index contributed by atoms with van der Waals surface area (Å²) in [6.45, 7) is 1.53. The molecule has 0 aromatic heterocycles. The molecule has 0 aliphatic heterocycles. The van der Waals surface area contributed by atoms with Crippen molar-refractivity contribution in [3.63, 3.8) is 0 Å². The van der Waals surface area contributed by atoms with E-state index in [-0.39, 0.29) is 11.1 Å². The van der Waals surface area contributed by atoms with Crippen molar-refractivity contribution in [2.24, 2.45) is 0 Å². The zero-order chi connectivity index (χ0) is 14.9. The highest BCUT2D eigenvalue weighted by Crippen LogP contribution is 2.32. The molecule has 1 N–H and O–H groups in total. The van der Waals surface area contributed by atoms with Gasteiger partial charge in [-0.25, -0.2) is 8.78 Å². The van der Waals surface area contributed by atoms with Gasteiger partial charge in [-0.3, -0.25) is 0 Å². The van der Waals surface area contributed by atoms with Crippen LogP contribution in [0, 0.1) is 18.6 Å². The van der Waals surface area contributed by atoms with Crippen molar-refractivity contribution in [1.29, 1.82) is 0 Å². The Kier molecular flexibility index (Phi) is 4.78. The Morgan fingerprint density at radius 3 is 2.45 bits per heavy atom. The number of hydrogen-bond acceptors (Lipinski definition) is 1. The molecule has 106 valence electrons. The zero-order valence-corrected chi connectivity index (χ0v) is 13.3. The molecule has 0 saturated carbocycles. The average Bonchev–Trinajstić information content (AvgIpc) is 2.40. The molecule has 0 aliphatic carbocycles. The van der Waals surface area contributed by atoms with Crippen molar-refractivity contribution in [3.05, 3.63) is 68.2 Å². The fourth-order valence-corrected chi connectivity index (χ4v) is 2.70. The van der Waals surface area contributed by atoms with Gasteiger partial charge in [0.05, 0.1) is 6.04 Å². The third-order valence-electron chi connectivity index (χ3n) is 3.15. The van der Waals surface area contributed by atoms with E-state index in [9.17, 15) is 8.78 Å². The van der Waals surface area contributed by atoms with E-state index in [4.69, 9.17) is 11.6 Å². The third-order valence-corrected chi connectivity index (χ3v) is 3.98. The molecule has 0 saturated heterocycles. The van der Waals surface area contributed by atoms with E-state index in [1.165, 1.54) is 19.1 Å². The summed E-state index contributed by atoms with van der Waals surface area (Å²) in [5.74, 6) is -0.896. The molecule has 5 heteroatoms. The summed E-state index contributed by atoms with van der Waals surface area (Å²) in [7, 11) is 1.68. The van der Waals surface area contributed by atoms with Crippen LogP contribution in [0.15, 0.2) is 34.8 Å². The van der Waals surface area contributed by atoms with Crippen molar-refractivity contribution in [2.45, 2.75) is 13.0 Å². The summed E-state index contributed by atoms with van der Waals surface area (Å²) >= 11 is 9.52. The number of hydrogen-bond donors (Lipinski definition) is 1. The van der Waals surface area contributed by atoms with E-state index in [0.29, 0.717) is 10.6 Å². The zero-order valence-electron chi connectivity index (χ0n) is 11.0. The Morgan fingerprint density at radius 1 is 1.10 bits per heavy atom. The lowest BCUT2D eigenvalue weighted by molar-refractivity contribution is 0.553. The van der Waals surface area contributed by atoms with Gasteiger partial charge in [0.2, 0.25) is 0 Å². The Balaban J connectivity index is 2.58. The van der Waals surface area contributed by atoms with Gasteiger partial charge in [0.25, 0.3) is 0 Å². The Bertz CT molecular complexity index is 646. The van der Waals surface area contributed by atoms with E-state index >= 15 is 0 Å². The van der Waals surface area contributed by atoms with Crippen LogP contribution in [0.25, 0.3) is 0 Å². The molecule has 2 aromatic carbocycles. The van der Waals surface area contributed by atoms with Crippen LogP contribution in [0.5, 0.6) is 0 Å². The van der Waals surface area contributed by atoms with Gasteiger partial charge >= 0.3 is 0 Å². The second kappa shape index (κ2) is 6.20. The van der Waals surface area contributed by atoms with E-state index in [1.54, 1.807) is 25.2 Å². The molecular formula is C15H13BrClF2N. The fourth-order valence-electron chi connectivity index (χ4n) is 2.10. The highest BCUT2D eigenvalue weighted by atomic mass is 79.9. The van der Waals surface area contributed by atoms with Crippen LogP contribution in [0.1, 0.15) is 22.7 Å². The average molecular weight is 361 g/mol. The molecule has 1 nitrogen and oxygen atoms in total. The van der Waals surface area contributed by atoms with Crippen LogP contribution in [-0.4, -0.2) is 7.05 Å². The van der Waals surface area contributed by atoms with Crippen LogP contribution >= 0.6 is 27.5 Å². The fraction of sp³-hybridized carbons (Fsp3) is 0.200. The molecular weight excluding hydrogens is 348 g/mol. The molecule has 0 radical (unpaired) electrons. The second-order valence-electron chi connectivity index (χ2n) is 4.51. The highest BCUT2D eigenvalue weighted by Gasteiger charge is 2.20. The minimum Gasteiger partial charge on any atom is -0.309 e. The third kappa shape index (κ3) is 3.03. The molecule has 1 atom stereocenters. The van der Waals surface area contributed by atoms with E-state index in [1.807, 2.05) is 0 Å². The van der Waals surface area contributed by atoms with Crippen LogP contribution in [-0.2, 0) is 0 Å². The molecule has 1 unspecified atom stereocenters. The quantitative estimate of drug-likeness (QED) is 0.812. The Morgan fingerprint density at radius 2 is 1.80 bits per heavy atom. The normalized spacial score (nSPS) is 12.5. The summed E-state index contributed by atoms with van der Waals surface area (Å²) in [6, 6.07) is 7.19. The molecule has 0 bridgehead atoms. The lowest BCUT2D eigenvalue weighted by atomic mass is 9.97. The van der Waals surface area contributed by atoms with Crippen molar-refractivity contribution < 1.29 is 8.78 Å². The first kappa shape index (κ1) is 15.4. The van der Waals surface area contributed by atoms with Crippen LogP contribution in [0.2, 0.25) is 5.02 Å².